The van der Waals surface area contributed by atoms with Gasteiger partial charge in [-0.2, -0.15) is 0 Å². The number of Topliss-reactive ketones (excluding diaryl/α,β-unsaturated/α-hetero) is 1. The van der Waals surface area contributed by atoms with Crippen molar-refractivity contribution in [1.82, 2.24) is 0 Å². The van der Waals surface area contributed by atoms with Gasteiger partial charge >= 0.3 is 0 Å². The second-order valence-corrected chi connectivity index (χ2v) is 12.2. The van der Waals surface area contributed by atoms with Crippen LogP contribution >= 0.6 is 11.6 Å². The summed E-state index contributed by atoms with van der Waals surface area (Å²) < 4.78 is 5.36. The zero-order valence-corrected chi connectivity index (χ0v) is 25.3. The highest BCUT2D eigenvalue weighted by molar-refractivity contribution is 6.32. The van der Waals surface area contributed by atoms with Gasteiger partial charge in [-0.05, 0) is 85.9 Å². The number of rotatable bonds is 5. The zero-order chi connectivity index (χ0) is 31.6. The van der Waals surface area contributed by atoms with Gasteiger partial charge in [0, 0.05) is 34.0 Å². The van der Waals surface area contributed by atoms with Crippen LogP contribution in [-0.2, 0) is 19.2 Å². The number of para-hydroxylation sites is 1. The van der Waals surface area contributed by atoms with Crippen molar-refractivity contribution >= 4 is 52.0 Å². The number of methoxy groups -OCH3 is 1. The van der Waals surface area contributed by atoms with Crippen molar-refractivity contribution in [2.45, 2.75) is 25.7 Å². The number of carbonyl (C=O) groups is 4. The topological polar surface area (TPSA) is 113 Å². The van der Waals surface area contributed by atoms with Crippen LogP contribution in [0.1, 0.15) is 31.2 Å². The predicted molar refractivity (Wildman–Crippen MR) is 170 cm³/mol. The summed E-state index contributed by atoms with van der Waals surface area (Å²) in [4.78, 5) is 56.3. The van der Waals surface area contributed by atoms with E-state index >= 15 is 0 Å². The van der Waals surface area contributed by atoms with Crippen LogP contribution < -0.4 is 15.0 Å². The van der Waals surface area contributed by atoms with Crippen LogP contribution in [-0.4, -0.2) is 35.6 Å². The Hall–Kier alpha value is -4.95. The monoisotopic (exact) mass is 620 g/mol. The minimum absolute atomic E-state index is 0.0354. The zero-order valence-electron chi connectivity index (χ0n) is 24.5. The Bertz CT molecular complexity index is 1890. The molecule has 3 aromatic rings. The number of halogens is 1. The van der Waals surface area contributed by atoms with Gasteiger partial charge in [0.1, 0.15) is 0 Å². The summed E-state index contributed by atoms with van der Waals surface area (Å²) in [7, 11) is 1.40. The largest absolute Gasteiger partial charge is 0.503 e. The van der Waals surface area contributed by atoms with Gasteiger partial charge in [0.05, 0.1) is 29.7 Å². The van der Waals surface area contributed by atoms with Crippen molar-refractivity contribution < 1.29 is 29.0 Å². The Morgan fingerprint density at radius 1 is 0.933 bits per heavy atom. The molecule has 2 amide bonds. The van der Waals surface area contributed by atoms with E-state index in [0.717, 1.165) is 16.9 Å². The van der Waals surface area contributed by atoms with E-state index in [0.29, 0.717) is 34.4 Å². The number of phenols is 1. The Morgan fingerprint density at radius 2 is 1.64 bits per heavy atom. The molecule has 1 fully saturated rings. The van der Waals surface area contributed by atoms with E-state index in [4.69, 9.17) is 16.3 Å². The van der Waals surface area contributed by atoms with Crippen LogP contribution in [0.3, 0.4) is 0 Å². The average Bonchev–Trinajstić information content (AvgIpc) is 3.30. The summed E-state index contributed by atoms with van der Waals surface area (Å²) >= 11 is 6.40. The first-order chi connectivity index (χ1) is 21.7. The fourth-order valence-corrected chi connectivity index (χ4v) is 7.51. The molecule has 4 aliphatic rings. The van der Waals surface area contributed by atoms with E-state index in [2.05, 4.69) is 5.32 Å². The summed E-state index contributed by atoms with van der Waals surface area (Å²) in [6.07, 6.45) is 3.77. The molecule has 0 spiro atoms. The van der Waals surface area contributed by atoms with Gasteiger partial charge in [-0.15, -0.1) is 0 Å². The molecule has 2 N–H and O–H groups in total. The molecule has 0 radical (unpaired) electrons. The third-order valence-corrected chi connectivity index (χ3v) is 9.64. The first-order valence-corrected chi connectivity index (χ1v) is 15.1. The lowest BCUT2D eigenvalue weighted by molar-refractivity contribution is -0.123. The summed E-state index contributed by atoms with van der Waals surface area (Å²) in [5.74, 6) is -3.74. The van der Waals surface area contributed by atoms with Crippen LogP contribution in [0, 0.1) is 17.8 Å². The molecular formula is C36H29ClN2O6. The first-order valence-electron chi connectivity index (χ1n) is 14.7. The maximum absolute atomic E-state index is 14.2. The van der Waals surface area contributed by atoms with Crippen LogP contribution in [0.15, 0.2) is 101 Å². The SMILES string of the molecule is COc1cc([C@H]2C3=CC[C@@H]4C(=O)N(c5ccc(Nc6ccccc6)cc5)C(=O)[C@@H]4[C@@H]3CC3=C2C(=O)C(C)=CC3=O)cc(Cl)c1O. The smallest absolute Gasteiger partial charge is 0.238 e. The molecule has 45 heavy (non-hydrogen) atoms. The standard InChI is InChI=1S/C36H29ClN2O6/c1-18-14-28(40)26-17-25-23(30(32(26)33(18)41)19-15-27(37)34(42)29(16-19)45-2)12-13-24-31(25)36(44)39(35(24)43)22-10-8-21(9-11-22)38-20-6-4-3-5-7-20/h3-12,14-16,24-25,30-31,38,42H,13,17H2,1-2H3/t24-,25+,30-,31-/m0/s1. The first kappa shape index (κ1) is 28.8. The molecule has 0 saturated carbocycles. The van der Waals surface area contributed by atoms with Crippen molar-refractivity contribution in [3.63, 3.8) is 0 Å². The third-order valence-electron chi connectivity index (χ3n) is 9.36. The fraction of sp³-hybridized carbons (Fsp3) is 0.222. The van der Waals surface area contributed by atoms with Gasteiger partial charge in [0.25, 0.3) is 0 Å². The van der Waals surface area contributed by atoms with Crippen LogP contribution in [0.5, 0.6) is 11.5 Å². The number of amides is 2. The highest BCUT2D eigenvalue weighted by Crippen LogP contribution is 2.56. The van der Waals surface area contributed by atoms with Gasteiger partial charge in [0.2, 0.25) is 11.8 Å². The number of aromatic hydroxyl groups is 1. The van der Waals surface area contributed by atoms with Gasteiger partial charge in [-0.3, -0.25) is 24.1 Å². The second kappa shape index (κ2) is 10.9. The number of imide groups is 1. The molecule has 1 saturated heterocycles. The third kappa shape index (κ3) is 4.59. The number of anilines is 3. The molecule has 0 bridgehead atoms. The van der Waals surface area contributed by atoms with Gasteiger partial charge in [-0.25, -0.2) is 0 Å². The number of phenolic OH excluding ortho intramolecular Hbond substituents is 1. The van der Waals surface area contributed by atoms with E-state index < -0.39 is 23.7 Å². The van der Waals surface area contributed by atoms with Crippen molar-refractivity contribution in [3.8, 4) is 11.5 Å². The van der Waals surface area contributed by atoms with E-state index in [-0.39, 0.29) is 46.3 Å². The molecule has 8 nitrogen and oxygen atoms in total. The number of hydrogen-bond acceptors (Lipinski definition) is 7. The molecule has 7 rings (SSSR count). The Morgan fingerprint density at radius 3 is 2.36 bits per heavy atom. The fourth-order valence-electron chi connectivity index (χ4n) is 7.29. The highest BCUT2D eigenvalue weighted by atomic mass is 35.5. The molecule has 3 aromatic carbocycles. The number of ether oxygens (including phenoxy) is 1. The van der Waals surface area contributed by atoms with Crippen LogP contribution in [0.2, 0.25) is 5.02 Å². The Balaban J connectivity index is 1.27. The van der Waals surface area contributed by atoms with Gasteiger partial charge < -0.3 is 15.2 Å². The number of ketones is 2. The Kier molecular flexibility index (Phi) is 6.97. The van der Waals surface area contributed by atoms with Crippen molar-refractivity contribution in [3.05, 3.63) is 112 Å². The number of allylic oxidation sites excluding steroid dienone is 6. The molecule has 1 aliphatic heterocycles. The summed E-state index contributed by atoms with van der Waals surface area (Å²) in [6, 6.07) is 20.0. The molecule has 1 heterocycles. The van der Waals surface area contributed by atoms with E-state index in [1.165, 1.54) is 18.1 Å². The van der Waals surface area contributed by atoms with Crippen molar-refractivity contribution in [2.24, 2.45) is 17.8 Å². The van der Waals surface area contributed by atoms with Crippen LogP contribution in [0.25, 0.3) is 0 Å². The Labute approximate surface area is 264 Å². The number of carbonyl (C=O) groups excluding carboxylic acids is 4. The van der Waals surface area contributed by atoms with E-state index in [1.54, 1.807) is 31.2 Å². The number of benzene rings is 3. The van der Waals surface area contributed by atoms with Crippen molar-refractivity contribution in [1.29, 1.82) is 0 Å². The minimum atomic E-state index is -0.708. The van der Waals surface area contributed by atoms with Gasteiger partial charge in [-0.1, -0.05) is 41.4 Å². The van der Waals surface area contributed by atoms with Crippen LogP contribution in [0.4, 0.5) is 17.1 Å². The van der Waals surface area contributed by atoms with Gasteiger partial charge in [0.15, 0.2) is 23.1 Å². The second-order valence-electron chi connectivity index (χ2n) is 11.8. The normalized spacial score (nSPS) is 24.1. The summed E-state index contributed by atoms with van der Waals surface area (Å²) in [5.41, 5.74) is 4.57. The number of nitrogens with one attached hydrogen (secondary N) is 1. The maximum Gasteiger partial charge on any atom is 0.238 e. The maximum atomic E-state index is 14.2. The summed E-state index contributed by atoms with van der Waals surface area (Å²) in [5, 5.41) is 13.8. The minimum Gasteiger partial charge on any atom is -0.503 e. The molecule has 3 aliphatic carbocycles. The molecule has 226 valence electrons. The summed E-state index contributed by atoms with van der Waals surface area (Å²) in [6.45, 7) is 1.61. The number of hydrogen-bond donors (Lipinski definition) is 2. The molecular weight excluding hydrogens is 592 g/mol. The number of nitrogens with zero attached hydrogens (tertiary/aromatic N) is 1. The molecule has 4 atom stereocenters. The predicted octanol–water partition coefficient (Wildman–Crippen LogP) is 6.43. The van der Waals surface area contributed by atoms with Crippen molar-refractivity contribution in [2.75, 3.05) is 17.3 Å². The van der Waals surface area contributed by atoms with E-state index in [1.807, 2.05) is 48.5 Å². The lowest BCUT2D eigenvalue weighted by atomic mass is 9.59. The highest BCUT2D eigenvalue weighted by Gasteiger charge is 2.56. The molecule has 0 aromatic heterocycles. The lowest BCUT2D eigenvalue weighted by Crippen LogP contribution is -2.39. The van der Waals surface area contributed by atoms with E-state index in [9.17, 15) is 24.3 Å². The number of fused-ring (bicyclic) bond motifs is 3. The lowest BCUT2D eigenvalue weighted by Gasteiger charge is -2.42. The molecule has 9 heteroatoms. The average molecular weight is 621 g/mol. The molecule has 0 unspecified atom stereocenters. The quantitative estimate of drug-likeness (QED) is 0.192.